The van der Waals surface area contributed by atoms with Crippen LogP contribution in [-0.4, -0.2) is 12.5 Å². The maximum Gasteiger partial charge on any atom is 0.185 e. The van der Waals surface area contributed by atoms with Crippen molar-refractivity contribution in [3.05, 3.63) is 0 Å². The summed E-state index contributed by atoms with van der Waals surface area (Å²) in [6.07, 6.45) is 5.26. The Bertz CT molecular complexity index is 153. The van der Waals surface area contributed by atoms with Gasteiger partial charge in [0, 0.05) is 6.54 Å². The lowest BCUT2D eigenvalue weighted by atomic mass is 9.83. The van der Waals surface area contributed by atoms with Crippen LogP contribution in [0.4, 0.5) is 0 Å². The molecule has 0 aromatic carbocycles. The van der Waals surface area contributed by atoms with E-state index in [9.17, 15) is 0 Å². The molecule has 0 bridgehead atoms. The van der Waals surface area contributed by atoms with Gasteiger partial charge in [-0.3, -0.25) is 4.99 Å². The number of nitrogens with zero attached hydrogens (tertiary/aromatic N) is 1. The predicted octanol–water partition coefficient (Wildman–Crippen LogP) is 1.09. The smallest absolute Gasteiger partial charge is 0.185 e. The zero-order valence-corrected chi connectivity index (χ0v) is 7.79. The average Bonchev–Trinajstić information content (AvgIpc) is 2.03. The highest BCUT2D eigenvalue weighted by Gasteiger charge is 2.17. The quantitative estimate of drug-likeness (QED) is 0.480. The molecule has 1 rings (SSSR count). The Morgan fingerprint density at radius 3 is 2.33 bits per heavy atom. The molecule has 4 N–H and O–H groups in total. The molecule has 0 unspecified atom stereocenters. The van der Waals surface area contributed by atoms with Gasteiger partial charge in [0.2, 0.25) is 0 Å². The molecule has 0 atom stereocenters. The van der Waals surface area contributed by atoms with E-state index < -0.39 is 0 Å². The Balaban J connectivity index is 2.22. The molecule has 1 fully saturated rings. The van der Waals surface area contributed by atoms with E-state index in [0.29, 0.717) is 0 Å². The molecule has 0 amide bonds. The van der Waals surface area contributed by atoms with Gasteiger partial charge < -0.3 is 11.5 Å². The van der Waals surface area contributed by atoms with E-state index in [2.05, 4.69) is 11.9 Å². The minimum Gasteiger partial charge on any atom is -0.370 e. The van der Waals surface area contributed by atoms with Crippen LogP contribution in [0.15, 0.2) is 4.99 Å². The van der Waals surface area contributed by atoms with Gasteiger partial charge in [0.05, 0.1) is 0 Å². The number of aliphatic imine (C=N–C) groups is 1. The fraction of sp³-hybridized carbons (Fsp3) is 0.889. The average molecular weight is 169 g/mol. The van der Waals surface area contributed by atoms with Gasteiger partial charge in [-0.1, -0.05) is 19.8 Å². The van der Waals surface area contributed by atoms with Crippen LogP contribution in [-0.2, 0) is 0 Å². The highest BCUT2D eigenvalue weighted by atomic mass is 15.0. The predicted molar refractivity (Wildman–Crippen MR) is 51.8 cm³/mol. The van der Waals surface area contributed by atoms with Crippen molar-refractivity contribution < 1.29 is 0 Å². The first-order chi connectivity index (χ1) is 5.68. The van der Waals surface area contributed by atoms with E-state index in [4.69, 9.17) is 11.5 Å². The fourth-order valence-electron chi connectivity index (χ4n) is 1.75. The Morgan fingerprint density at radius 2 is 1.83 bits per heavy atom. The van der Waals surface area contributed by atoms with Crippen molar-refractivity contribution in [1.29, 1.82) is 0 Å². The standard InChI is InChI=1S/C9H19N3/c1-7-2-4-8(5-3-7)6-12-9(10)11/h7-8H,2-6H2,1H3,(H4,10,11,12). The highest BCUT2D eigenvalue weighted by Crippen LogP contribution is 2.28. The number of nitrogens with two attached hydrogens (primary N) is 2. The molecule has 0 saturated heterocycles. The van der Waals surface area contributed by atoms with Crippen LogP contribution in [0, 0.1) is 11.8 Å². The Kier molecular flexibility index (Phi) is 3.38. The molecule has 1 aliphatic rings. The summed E-state index contributed by atoms with van der Waals surface area (Å²) in [5.41, 5.74) is 10.5. The van der Waals surface area contributed by atoms with Crippen LogP contribution < -0.4 is 11.5 Å². The minimum atomic E-state index is 0.230. The first-order valence-electron chi connectivity index (χ1n) is 4.74. The lowest BCUT2D eigenvalue weighted by Gasteiger charge is -2.24. The molecule has 0 aromatic heterocycles. The molecule has 1 aliphatic carbocycles. The van der Waals surface area contributed by atoms with Crippen molar-refractivity contribution in [2.75, 3.05) is 6.54 Å². The molecule has 70 valence electrons. The monoisotopic (exact) mass is 169 g/mol. The van der Waals surface area contributed by atoms with E-state index in [1.165, 1.54) is 25.7 Å². The molecule has 0 spiro atoms. The van der Waals surface area contributed by atoms with Crippen molar-refractivity contribution >= 4 is 5.96 Å². The van der Waals surface area contributed by atoms with E-state index in [0.717, 1.165) is 18.4 Å². The summed E-state index contributed by atoms with van der Waals surface area (Å²) in [6.45, 7) is 3.14. The lowest BCUT2D eigenvalue weighted by molar-refractivity contribution is 0.296. The number of rotatable bonds is 2. The van der Waals surface area contributed by atoms with Crippen LogP contribution in [0.2, 0.25) is 0 Å². The van der Waals surface area contributed by atoms with Gasteiger partial charge in [-0.05, 0) is 24.7 Å². The maximum atomic E-state index is 5.26. The maximum absolute atomic E-state index is 5.26. The van der Waals surface area contributed by atoms with Gasteiger partial charge in [0.25, 0.3) is 0 Å². The van der Waals surface area contributed by atoms with Crippen molar-refractivity contribution in [2.45, 2.75) is 32.6 Å². The first-order valence-corrected chi connectivity index (χ1v) is 4.74. The van der Waals surface area contributed by atoms with Crippen LogP contribution in [0.5, 0.6) is 0 Å². The van der Waals surface area contributed by atoms with E-state index in [-0.39, 0.29) is 5.96 Å². The Morgan fingerprint density at radius 1 is 1.25 bits per heavy atom. The number of hydrogen-bond acceptors (Lipinski definition) is 1. The summed E-state index contributed by atoms with van der Waals surface area (Å²) in [7, 11) is 0. The SMILES string of the molecule is CC1CCC(CN=C(N)N)CC1. The molecule has 3 nitrogen and oxygen atoms in total. The Hall–Kier alpha value is -0.730. The second-order valence-electron chi connectivity index (χ2n) is 3.89. The van der Waals surface area contributed by atoms with E-state index >= 15 is 0 Å². The summed E-state index contributed by atoms with van der Waals surface area (Å²) in [6, 6.07) is 0. The third-order valence-electron chi connectivity index (χ3n) is 2.67. The molecule has 0 aromatic rings. The van der Waals surface area contributed by atoms with Crippen LogP contribution in [0.1, 0.15) is 32.6 Å². The van der Waals surface area contributed by atoms with Crippen molar-refractivity contribution in [3.63, 3.8) is 0 Å². The molecule has 0 heterocycles. The van der Waals surface area contributed by atoms with Gasteiger partial charge in [-0.25, -0.2) is 0 Å². The second kappa shape index (κ2) is 4.33. The van der Waals surface area contributed by atoms with E-state index in [1.807, 2.05) is 0 Å². The number of guanidine groups is 1. The summed E-state index contributed by atoms with van der Waals surface area (Å²) in [4.78, 5) is 4.05. The molecular weight excluding hydrogens is 150 g/mol. The van der Waals surface area contributed by atoms with Crippen molar-refractivity contribution in [3.8, 4) is 0 Å². The number of hydrogen-bond donors (Lipinski definition) is 2. The summed E-state index contributed by atoms with van der Waals surface area (Å²) in [5.74, 6) is 1.86. The van der Waals surface area contributed by atoms with Gasteiger partial charge in [-0.2, -0.15) is 0 Å². The molecule has 0 radical (unpaired) electrons. The van der Waals surface area contributed by atoms with Crippen LogP contribution in [0.3, 0.4) is 0 Å². The molecule has 1 saturated carbocycles. The zero-order chi connectivity index (χ0) is 8.97. The normalized spacial score (nSPS) is 29.8. The van der Waals surface area contributed by atoms with Gasteiger partial charge in [0.15, 0.2) is 5.96 Å². The van der Waals surface area contributed by atoms with Crippen molar-refractivity contribution in [2.24, 2.45) is 28.3 Å². The minimum absolute atomic E-state index is 0.230. The lowest BCUT2D eigenvalue weighted by Crippen LogP contribution is -2.25. The third-order valence-corrected chi connectivity index (χ3v) is 2.67. The van der Waals surface area contributed by atoms with Gasteiger partial charge >= 0.3 is 0 Å². The largest absolute Gasteiger partial charge is 0.370 e. The van der Waals surface area contributed by atoms with E-state index in [1.54, 1.807) is 0 Å². The topological polar surface area (TPSA) is 64.4 Å². The summed E-state index contributed by atoms with van der Waals surface area (Å²) >= 11 is 0. The molecule has 3 heteroatoms. The second-order valence-corrected chi connectivity index (χ2v) is 3.89. The zero-order valence-electron chi connectivity index (χ0n) is 7.79. The fourth-order valence-corrected chi connectivity index (χ4v) is 1.75. The summed E-state index contributed by atoms with van der Waals surface area (Å²) < 4.78 is 0. The van der Waals surface area contributed by atoms with Gasteiger partial charge in [-0.15, -0.1) is 0 Å². The van der Waals surface area contributed by atoms with Crippen molar-refractivity contribution in [1.82, 2.24) is 0 Å². The first kappa shape index (κ1) is 9.36. The van der Waals surface area contributed by atoms with Crippen LogP contribution in [0.25, 0.3) is 0 Å². The highest BCUT2D eigenvalue weighted by molar-refractivity contribution is 5.75. The van der Waals surface area contributed by atoms with Crippen LogP contribution >= 0.6 is 0 Å². The molecule has 0 aliphatic heterocycles. The Labute approximate surface area is 74.2 Å². The molecular formula is C9H19N3. The molecule has 12 heavy (non-hydrogen) atoms. The van der Waals surface area contributed by atoms with Gasteiger partial charge in [0.1, 0.15) is 0 Å². The summed E-state index contributed by atoms with van der Waals surface area (Å²) in [5, 5.41) is 0. The third kappa shape index (κ3) is 3.11.